The van der Waals surface area contributed by atoms with Crippen molar-refractivity contribution < 1.29 is 14.2 Å². The fraction of sp³-hybridized carbons (Fsp3) is 1.00. The lowest BCUT2D eigenvalue weighted by Crippen LogP contribution is -2.20. The van der Waals surface area contributed by atoms with Gasteiger partial charge in [-0.3, -0.25) is 0 Å². The van der Waals surface area contributed by atoms with Crippen molar-refractivity contribution in [1.82, 2.24) is 0 Å². The maximum Gasteiger partial charge on any atom is 0.0780 e. The summed E-state index contributed by atoms with van der Waals surface area (Å²) in [7, 11) is 0. The molecular formula is C11H24O3. The predicted octanol–water partition coefficient (Wildman–Crippen LogP) is 2.10. The fourth-order valence-electron chi connectivity index (χ4n) is 0.916. The quantitative estimate of drug-likeness (QED) is 0.538. The molecule has 0 saturated carbocycles. The van der Waals surface area contributed by atoms with Crippen molar-refractivity contribution in [3.8, 4) is 0 Å². The first-order valence-corrected chi connectivity index (χ1v) is 5.43. The van der Waals surface area contributed by atoms with Crippen LogP contribution in [0.4, 0.5) is 0 Å². The van der Waals surface area contributed by atoms with E-state index >= 15 is 0 Å². The summed E-state index contributed by atoms with van der Waals surface area (Å²) in [6, 6.07) is 0. The van der Waals surface area contributed by atoms with E-state index in [2.05, 4.69) is 13.8 Å². The summed E-state index contributed by atoms with van der Waals surface area (Å²) in [5, 5.41) is 0. The fourth-order valence-corrected chi connectivity index (χ4v) is 0.916. The summed E-state index contributed by atoms with van der Waals surface area (Å²) in [6.45, 7) is 11.8. The van der Waals surface area contributed by atoms with Crippen molar-refractivity contribution in [2.75, 3.05) is 33.0 Å². The van der Waals surface area contributed by atoms with E-state index < -0.39 is 0 Å². The van der Waals surface area contributed by atoms with E-state index in [4.69, 9.17) is 14.2 Å². The lowest BCUT2D eigenvalue weighted by Gasteiger charge is -2.14. The second-order valence-corrected chi connectivity index (χ2v) is 3.81. The molecule has 1 atom stereocenters. The van der Waals surface area contributed by atoms with Crippen molar-refractivity contribution in [2.24, 2.45) is 5.92 Å². The standard InChI is InChI=1S/C11H24O3/c1-5-12-6-7-13-9-11(4)14-8-10(2)3/h10-11H,5-9H2,1-4H3. The van der Waals surface area contributed by atoms with Crippen molar-refractivity contribution >= 4 is 0 Å². The molecule has 0 aromatic carbocycles. The van der Waals surface area contributed by atoms with Crippen molar-refractivity contribution in [2.45, 2.75) is 33.8 Å². The van der Waals surface area contributed by atoms with Crippen LogP contribution < -0.4 is 0 Å². The Morgan fingerprint density at radius 2 is 1.57 bits per heavy atom. The average molecular weight is 204 g/mol. The summed E-state index contributed by atoms with van der Waals surface area (Å²) >= 11 is 0. The third kappa shape index (κ3) is 9.96. The van der Waals surface area contributed by atoms with Crippen LogP contribution in [-0.4, -0.2) is 39.1 Å². The second-order valence-electron chi connectivity index (χ2n) is 3.81. The Labute approximate surface area is 87.7 Å². The van der Waals surface area contributed by atoms with Gasteiger partial charge in [0.25, 0.3) is 0 Å². The Morgan fingerprint density at radius 3 is 2.14 bits per heavy atom. The Bertz CT molecular complexity index is 115. The second kappa shape index (κ2) is 9.44. The Morgan fingerprint density at radius 1 is 0.929 bits per heavy atom. The molecule has 86 valence electrons. The SMILES string of the molecule is CCOCCOCC(C)OCC(C)C. The number of hydrogen-bond acceptors (Lipinski definition) is 3. The van der Waals surface area contributed by atoms with Gasteiger partial charge in [-0.2, -0.15) is 0 Å². The molecule has 0 spiro atoms. The minimum absolute atomic E-state index is 0.180. The van der Waals surface area contributed by atoms with Crippen LogP contribution >= 0.6 is 0 Å². The highest BCUT2D eigenvalue weighted by Gasteiger charge is 2.03. The highest BCUT2D eigenvalue weighted by molar-refractivity contribution is 4.49. The lowest BCUT2D eigenvalue weighted by molar-refractivity contribution is -0.0292. The van der Waals surface area contributed by atoms with E-state index in [1.165, 1.54) is 0 Å². The van der Waals surface area contributed by atoms with Gasteiger partial charge in [-0.1, -0.05) is 13.8 Å². The van der Waals surface area contributed by atoms with E-state index in [1.54, 1.807) is 0 Å². The van der Waals surface area contributed by atoms with Crippen molar-refractivity contribution in [3.63, 3.8) is 0 Å². The van der Waals surface area contributed by atoms with Gasteiger partial charge in [-0.25, -0.2) is 0 Å². The minimum atomic E-state index is 0.180. The smallest absolute Gasteiger partial charge is 0.0780 e. The van der Waals surface area contributed by atoms with Crippen LogP contribution in [0.1, 0.15) is 27.7 Å². The molecule has 0 radical (unpaired) electrons. The summed E-state index contributed by atoms with van der Waals surface area (Å²) in [5.41, 5.74) is 0. The molecule has 0 saturated heterocycles. The number of hydrogen-bond donors (Lipinski definition) is 0. The van der Waals surface area contributed by atoms with Gasteiger partial charge in [0.1, 0.15) is 0 Å². The van der Waals surface area contributed by atoms with Gasteiger partial charge >= 0.3 is 0 Å². The number of rotatable bonds is 9. The maximum atomic E-state index is 5.54. The zero-order valence-corrected chi connectivity index (χ0v) is 9.91. The first-order chi connectivity index (χ1) is 6.66. The molecule has 0 aromatic rings. The van der Waals surface area contributed by atoms with Crippen LogP contribution in [-0.2, 0) is 14.2 Å². The predicted molar refractivity (Wildman–Crippen MR) is 57.6 cm³/mol. The molecule has 3 heteroatoms. The van der Waals surface area contributed by atoms with Gasteiger partial charge in [0.2, 0.25) is 0 Å². The Kier molecular flexibility index (Phi) is 9.35. The van der Waals surface area contributed by atoms with Crippen LogP contribution in [0.15, 0.2) is 0 Å². The summed E-state index contributed by atoms with van der Waals surface area (Å²) in [4.78, 5) is 0. The Balaban J connectivity index is 3.14. The highest BCUT2D eigenvalue weighted by atomic mass is 16.5. The molecular weight excluding hydrogens is 180 g/mol. The third-order valence-electron chi connectivity index (χ3n) is 1.64. The zero-order chi connectivity index (χ0) is 10.8. The normalized spacial score (nSPS) is 13.5. The van der Waals surface area contributed by atoms with Gasteiger partial charge in [0.15, 0.2) is 0 Å². The van der Waals surface area contributed by atoms with E-state index in [1.807, 2.05) is 13.8 Å². The molecule has 0 aliphatic heterocycles. The van der Waals surface area contributed by atoms with Crippen LogP contribution in [0.2, 0.25) is 0 Å². The molecule has 0 amide bonds. The van der Waals surface area contributed by atoms with Crippen LogP contribution in [0.25, 0.3) is 0 Å². The molecule has 3 nitrogen and oxygen atoms in total. The number of ether oxygens (including phenoxy) is 3. The van der Waals surface area contributed by atoms with Gasteiger partial charge in [0, 0.05) is 13.2 Å². The average Bonchev–Trinajstić information content (AvgIpc) is 2.14. The zero-order valence-electron chi connectivity index (χ0n) is 9.91. The van der Waals surface area contributed by atoms with Gasteiger partial charge in [-0.15, -0.1) is 0 Å². The van der Waals surface area contributed by atoms with Gasteiger partial charge in [0.05, 0.1) is 25.9 Å². The van der Waals surface area contributed by atoms with E-state index in [0.717, 1.165) is 13.2 Å². The molecule has 0 aromatic heterocycles. The summed E-state index contributed by atoms with van der Waals surface area (Å²) in [5.74, 6) is 0.584. The van der Waals surface area contributed by atoms with E-state index in [0.29, 0.717) is 25.7 Å². The molecule has 0 heterocycles. The van der Waals surface area contributed by atoms with Gasteiger partial charge in [-0.05, 0) is 19.8 Å². The topological polar surface area (TPSA) is 27.7 Å². The van der Waals surface area contributed by atoms with E-state index in [-0.39, 0.29) is 6.10 Å². The molecule has 0 aliphatic rings. The van der Waals surface area contributed by atoms with Crippen molar-refractivity contribution in [3.05, 3.63) is 0 Å². The highest BCUT2D eigenvalue weighted by Crippen LogP contribution is 1.98. The minimum Gasteiger partial charge on any atom is -0.379 e. The molecule has 0 bridgehead atoms. The van der Waals surface area contributed by atoms with Crippen LogP contribution in [0, 0.1) is 5.92 Å². The van der Waals surface area contributed by atoms with E-state index in [9.17, 15) is 0 Å². The maximum absolute atomic E-state index is 5.54. The third-order valence-corrected chi connectivity index (χ3v) is 1.64. The molecule has 0 rings (SSSR count). The largest absolute Gasteiger partial charge is 0.379 e. The van der Waals surface area contributed by atoms with Crippen molar-refractivity contribution in [1.29, 1.82) is 0 Å². The molecule has 1 unspecified atom stereocenters. The first kappa shape index (κ1) is 13.9. The van der Waals surface area contributed by atoms with Crippen LogP contribution in [0.5, 0.6) is 0 Å². The Hall–Kier alpha value is -0.120. The molecule has 0 N–H and O–H groups in total. The first-order valence-electron chi connectivity index (χ1n) is 5.43. The van der Waals surface area contributed by atoms with Gasteiger partial charge < -0.3 is 14.2 Å². The van der Waals surface area contributed by atoms with Crippen LogP contribution in [0.3, 0.4) is 0 Å². The molecule has 14 heavy (non-hydrogen) atoms. The molecule has 0 aliphatic carbocycles. The molecule has 0 fully saturated rings. The summed E-state index contributed by atoms with van der Waals surface area (Å²) < 4.78 is 16.1. The lowest BCUT2D eigenvalue weighted by atomic mass is 10.2. The monoisotopic (exact) mass is 204 g/mol. The summed E-state index contributed by atoms with van der Waals surface area (Å²) in [6.07, 6.45) is 0.180.